The molecule has 2 heterocycles. The number of hydrogen-bond donors (Lipinski definition) is 0. The Hall–Kier alpha value is -1.40. The standard InChI is InChI=1S/C16H17NO3S2/c1-9(2)12-8-22-16(21)17(12)14(18)7-13-10-5-3-4-6-11(10)15(19)20-13/h3-6,9,12-13H,7-8H2,1-2H3/t12-,13-/m1/s1. The number of fused-ring (bicyclic) bond motifs is 1. The minimum absolute atomic E-state index is 0.0665. The normalized spacial score (nSPS) is 23.9. The molecule has 2 aliphatic heterocycles. The van der Waals surface area contributed by atoms with Crippen LogP contribution in [0.5, 0.6) is 0 Å². The van der Waals surface area contributed by atoms with Gasteiger partial charge in [-0.05, 0) is 12.0 Å². The maximum atomic E-state index is 12.7. The number of esters is 1. The van der Waals surface area contributed by atoms with E-state index in [1.54, 1.807) is 28.8 Å². The van der Waals surface area contributed by atoms with Gasteiger partial charge in [0.1, 0.15) is 10.4 Å². The van der Waals surface area contributed by atoms with Gasteiger partial charge in [-0.25, -0.2) is 4.79 Å². The number of amides is 1. The average molecular weight is 335 g/mol. The van der Waals surface area contributed by atoms with Gasteiger partial charge in [0.2, 0.25) is 5.91 Å². The summed E-state index contributed by atoms with van der Waals surface area (Å²) < 4.78 is 5.98. The van der Waals surface area contributed by atoms with Crippen LogP contribution in [-0.4, -0.2) is 32.9 Å². The predicted molar refractivity (Wildman–Crippen MR) is 89.7 cm³/mol. The van der Waals surface area contributed by atoms with Crippen molar-refractivity contribution < 1.29 is 14.3 Å². The Bertz CT molecular complexity index is 644. The van der Waals surface area contributed by atoms with Crippen LogP contribution in [0, 0.1) is 5.92 Å². The summed E-state index contributed by atoms with van der Waals surface area (Å²) >= 11 is 6.86. The molecule has 0 N–H and O–H groups in total. The number of thioether (sulfide) groups is 1. The third kappa shape index (κ3) is 2.65. The third-order valence-corrected chi connectivity index (χ3v) is 5.58. The fourth-order valence-corrected chi connectivity index (χ4v) is 4.51. The van der Waals surface area contributed by atoms with Gasteiger partial charge >= 0.3 is 5.97 Å². The fourth-order valence-electron chi connectivity index (χ4n) is 2.84. The lowest BCUT2D eigenvalue weighted by Crippen LogP contribution is -2.42. The molecule has 116 valence electrons. The zero-order valence-corrected chi connectivity index (χ0v) is 14.1. The lowest BCUT2D eigenvalue weighted by molar-refractivity contribution is -0.130. The summed E-state index contributed by atoms with van der Waals surface area (Å²) in [4.78, 5) is 26.2. The van der Waals surface area contributed by atoms with Crippen molar-refractivity contribution in [3.8, 4) is 0 Å². The highest BCUT2D eigenvalue weighted by Crippen LogP contribution is 2.35. The number of carbonyl (C=O) groups excluding carboxylic acids is 2. The lowest BCUT2D eigenvalue weighted by Gasteiger charge is -2.27. The number of carbonyl (C=O) groups is 2. The molecule has 1 aromatic carbocycles. The molecule has 1 saturated heterocycles. The maximum Gasteiger partial charge on any atom is 0.339 e. The van der Waals surface area contributed by atoms with E-state index in [-0.39, 0.29) is 24.3 Å². The van der Waals surface area contributed by atoms with Crippen molar-refractivity contribution >= 4 is 40.2 Å². The molecule has 0 aromatic heterocycles. The first-order valence-corrected chi connectivity index (χ1v) is 8.67. The second-order valence-electron chi connectivity index (χ2n) is 5.84. The fraction of sp³-hybridized carbons (Fsp3) is 0.438. The Kier molecular flexibility index (Phi) is 4.23. The van der Waals surface area contributed by atoms with Gasteiger partial charge in [-0.2, -0.15) is 0 Å². The molecule has 1 aromatic rings. The molecular weight excluding hydrogens is 318 g/mol. The predicted octanol–water partition coefficient (Wildman–Crippen LogP) is 3.17. The largest absolute Gasteiger partial charge is 0.453 e. The van der Waals surface area contributed by atoms with E-state index < -0.39 is 6.10 Å². The molecule has 0 saturated carbocycles. The monoisotopic (exact) mass is 335 g/mol. The molecule has 0 unspecified atom stereocenters. The number of nitrogens with zero attached hydrogens (tertiary/aromatic N) is 1. The van der Waals surface area contributed by atoms with Crippen molar-refractivity contribution in [1.29, 1.82) is 0 Å². The zero-order valence-electron chi connectivity index (χ0n) is 12.4. The van der Waals surface area contributed by atoms with Crippen LogP contribution < -0.4 is 0 Å². The molecule has 22 heavy (non-hydrogen) atoms. The minimum Gasteiger partial charge on any atom is -0.453 e. The van der Waals surface area contributed by atoms with Crippen LogP contribution in [0.25, 0.3) is 0 Å². The number of ether oxygens (including phenoxy) is 1. The van der Waals surface area contributed by atoms with E-state index in [4.69, 9.17) is 17.0 Å². The first-order chi connectivity index (χ1) is 10.5. The van der Waals surface area contributed by atoms with Gasteiger partial charge in [-0.1, -0.05) is 56.0 Å². The van der Waals surface area contributed by atoms with Crippen molar-refractivity contribution in [3.05, 3.63) is 35.4 Å². The summed E-state index contributed by atoms with van der Waals surface area (Å²) in [6.07, 6.45) is -0.357. The van der Waals surface area contributed by atoms with Crippen molar-refractivity contribution in [3.63, 3.8) is 0 Å². The lowest BCUT2D eigenvalue weighted by atomic mass is 10.0. The van der Waals surface area contributed by atoms with Crippen LogP contribution in [0.15, 0.2) is 24.3 Å². The van der Waals surface area contributed by atoms with Gasteiger partial charge in [0.05, 0.1) is 12.0 Å². The maximum absolute atomic E-state index is 12.7. The second kappa shape index (κ2) is 6.01. The first-order valence-electron chi connectivity index (χ1n) is 7.27. The van der Waals surface area contributed by atoms with Crippen LogP contribution in [0.3, 0.4) is 0 Å². The van der Waals surface area contributed by atoms with Gasteiger partial charge in [-0.15, -0.1) is 0 Å². The molecule has 3 rings (SSSR count). The molecule has 2 atom stereocenters. The van der Waals surface area contributed by atoms with Crippen molar-refractivity contribution in [1.82, 2.24) is 4.90 Å². The summed E-state index contributed by atoms with van der Waals surface area (Å²) in [5.41, 5.74) is 1.35. The van der Waals surface area contributed by atoms with Crippen LogP contribution >= 0.6 is 24.0 Å². The summed E-state index contributed by atoms with van der Waals surface area (Å²) in [5.74, 6) is 0.759. The number of cyclic esters (lactones) is 1. The molecule has 1 fully saturated rings. The van der Waals surface area contributed by atoms with E-state index in [1.165, 1.54) is 0 Å². The van der Waals surface area contributed by atoms with E-state index in [1.807, 2.05) is 12.1 Å². The zero-order chi connectivity index (χ0) is 15.9. The number of hydrogen-bond acceptors (Lipinski definition) is 5. The Morgan fingerprint density at radius 3 is 2.91 bits per heavy atom. The highest BCUT2D eigenvalue weighted by molar-refractivity contribution is 8.23. The van der Waals surface area contributed by atoms with E-state index in [9.17, 15) is 9.59 Å². The van der Waals surface area contributed by atoms with Crippen LogP contribution in [0.2, 0.25) is 0 Å². The van der Waals surface area contributed by atoms with Crippen LogP contribution in [0.4, 0.5) is 0 Å². The number of rotatable bonds is 3. The number of thiocarbonyl (C=S) groups is 1. The molecule has 0 bridgehead atoms. The van der Waals surface area contributed by atoms with Gasteiger partial charge in [0.15, 0.2) is 0 Å². The molecule has 0 spiro atoms. The first kappa shape index (κ1) is 15.5. The van der Waals surface area contributed by atoms with Crippen LogP contribution in [0.1, 0.15) is 42.3 Å². The molecule has 6 heteroatoms. The molecular formula is C16H17NO3S2. The molecule has 0 radical (unpaired) electrons. The summed E-state index contributed by atoms with van der Waals surface area (Å²) in [5, 5.41) is 0. The van der Waals surface area contributed by atoms with Gasteiger partial charge < -0.3 is 4.74 Å². The van der Waals surface area contributed by atoms with Gasteiger partial charge in [-0.3, -0.25) is 9.69 Å². The second-order valence-corrected chi connectivity index (χ2v) is 7.49. The van der Waals surface area contributed by atoms with E-state index >= 15 is 0 Å². The average Bonchev–Trinajstić information content (AvgIpc) is 3.01. The highest BCUT2D eigenvalue weighted by atomic mass is 32.2. The molecule has 4 nitrogen and oxygen atoms in total. The van der Waals surface area contributed by atoms with Crippen molar-refractivity contribution in [2.24, 2.45) is 5.92 Å². The van der Waals surface area contributed by atoms with Crippen molar-refractivity contribution in [2.75, 3.05) is 5.75 Å². The molecule has 2 aliphatic rings. The summed E-state index contributed by atoms with van der Waals surface area (Å²) in [6, 6.07) is 7.35. The van der Waals surface area contributed by atoms with E-state index in [2.05, 4.69) is 13.8 Å². The van der Waals surface area contributed by atoms with Crippen molar-refractivity contribution in [2.45, 2.75) is 32.4 Å². The Balaban J connectivity index is 1.78. The third-order valence-electron chi connectivity index (χ3n) is 4.08. The minimum atomic E-state index is -0.502. The smallest absolute Gasteiger partial charge is 0.339 e. The quantitative estimate of drug-likeness (QED) is 0.627. The summed E-state index contributed by atoms with van der Waals surface area (Å²) in [6.45, 7) is 4.18. The SMILES string of the molecule is CC(C)[C@H]1CSC(=S)N1C(=O)C[C@H]1OC(=O)c2ccccc21. The Morgan fingerprint density at radius 1 is 1.45 bits per heavy atom. The Labute approximate surface area is 139 Å². The summed E-state index contributed by atoms with van der Waals surface area (Å²) in [7, 11) is 0. The van der Waals surface area contributed by atoms with Crippen LogP contribution in [-0.2, 0) is 9.53 Å². The topological polar surface area (TPSA) is 46.6 Å². The number of benzene rings is 1. The van der Waals surface area contributed by atoms with E-state index in [0.29, 0.717) is 15.8 Å². The van der Waals surface area contributed by atoms with Gasteiger partial charge in [0, 0.05) is 17.4 Å². The Morgan fingerprint density at radius 2 is 2.18 bits per heavy atom. The van der Waals surface area contributed by atoms with Gasteiger partial charge in [0.25, 0.3) is 0 Å². The molecule has 0 aliphatic carbocycles. The molecule has 1 amide bonds. The highest BCUT2D eigenvalue weighted by Gasteiger charge is 2.39. The van der Waals surface area contributed by atoms with E-state index in [0.717, 1.165) is 11.3 Å².